The van der Waals surface area contributed by atoms with Crippen LogP contribution in [0.4, 0.5) is 0 Å². The molecular weight excluding hydrogens is 232 g/mol. The summed E-state index contributed by atoms with van der Waals surface area (Å²) in [6.45, 7) is 4.00. The molecule has 90 valence electrons. The molecule has 0 aliphatic rings. The molecule has 1 unspecified atom stereocenters. The van der Waals surface area contributed by atoms with Gasteiger partial charge in [-0.05, 0) is 31.5 Å². The van der Waals surface area contributed by atoms with Crippen molar-refractivity contribution in [2.75, 3.05) is 7.11 Å². The molecule has 3 nitrogen and oxygen atoms in total. The van der Waals surface area contributed by atoms with Crippen LogP contribution in [0.25, 0.3) is 0 Å². The fraction of sp³-hybridized carbons (Fsp3) is 0.308. The fourth-order valence-corrected chi connectivity index (χ4v) is 2.78. The summed E-state index contributed by atoms with van der Waals surface area (Å²) in [5.74, 6) is 0.830. The molecule has 0 aliphatic heterocycles. The molecule has 17 heavy (non-hydrogen) atoms. The molecule has 0 aliphatic carbocycles. The average molecular weight is 248 g/mol. The van der Waals surface area contributed by atoms with E-state index >= 15 is 0 Å². The van der Waals surface area contributed by atoms with E-state index in [9.17, 15) is 0 Å². The van der Waals surface area contributed by atoms with Gasteiger partial charge in [0.15, 0.2) is 0 Å². The van der Waals surface area contributed by atoms with Crippen molar-refractivity contribution < 1.29 is 4.74 Å². The van der Waals surface area contributed by atoms with Gasteiger partial charge in [0, 0.05) is 4.88 Å². The third kappa shape index (κ3) is 2.48. The van der Waals surface area contributed by atoms with Gasteiger partial charge in [0.05, 0.1) is 23.9 Å². The summed E-state index contributed by atoms with van der Waals surface area (Å²) >= 11 is 1.65. The second-order valence-electron chi connectivity index (χ2n) is 3.94. The monoisotopic (exact) mass is 248 g/mol. The minimum atomic E-state index is -0.128. The zero-order valence-electron chi connectivity index (χ0n) is 10.2. The van der Waals surface area contributed by atoms with Crippen LogP contribution in [-0.4, -0.2) is 12.1 Å². The number of benzene rings is 1. The number of hydrogen-bond donors (Lipinski definition) is 1. The average Bonchev–Trinajstić information content (AvgIpc) is 2.67. The minimum Gasteiger partial charge on any atom is -0.497 e. The molecule has 0 fully saturated rings. The second kappa shape index (κ2) is 4.85. The Morgan fingerprint density at radius 3 is 2.71 bits per heavy atom. The Labute approximate surface area is 105 Å². The first-order valence-corrected chi connectivity index (χ1v) is 6.27. The predicted molar refractivity (Wildman–Crippen MR) is 70.6 cm³/mol. The van der Waals surface area contributed by atoms with Gasteiger partial charge in [-0.15, -0.1) is 11.3 Å². The molecular formula is C13H16N2OS. The van der Waals surface area contributed by atoms with Gasteiger partial charge in [-0.3, -0.25) is 0 Å². The van der Waals surface area contributed by atoms with E-state index in [0.717, 1.165) is 26.9 Å². The molecule has 1 aromatic heterocycles. The molecule has 2 aromatic rings. The maximum atomic E-state index is 6.27. The van der Waals surface area contributed by atoms with Crippen LogP contribution in [-0.2, 0) is 0 Å². The molecule has 0 spiro atoms. The van der Waals surface area contributed by atoms with Gasteiger partial charge in [0.25, 0.3) is 0 Å². The number of hydrogen-bond acceptors (Lipinski definition) is 4. The lowest BCUT2D eigenvalue weighted by Crippen LogP contribution is -2.11. The number of methoxy groups -OCH3 is 1. The summed E-state index contributed by atoms with van der Waals surface area (Å²) in [5.41, 5.74) is 8.34. The third-order valence-corrected chi connectivity index (χ3v) is 3.83. The van der Waals surface area contributed by atoms with Crippen LogP contribution in [0.2, 0.25) is 0 Å². The van der Waals surface area contributed by atoms with E-state index in [-0.39, 0.29) is 6.04 Å². The number of aromatic nitrogens is 1. The molecule has 0 saturated heterocycles. The molecule has 0 amide bonds. The molecule has 1 aromatic carbocycles. The summed E-state index contributed by atoms with van der Waals surface area (Å²) < 4.78 is 5.21. The van der Waals surface area contributed by atoms with Crippen LogP contribution < -0.4 is 10.5 Å². The Balaban J connectivity index is 2.36. The lowest BCUT2D eigenvalue weighted by molar-refractivity contribution is 0.414. The van der Waals surface area contributed by atoms with Crippen LogP contribution in [0, 0.1) is 13.8 Å². The predicted octanol–water partition coefficient (Wildman–Crippen LogP) is 2.82. The van der Waals surface area contributed by atoms with Crippen LogP contribution >= 0.6 is 11.3 Å². The number of nitrogens with zero attached hydrogens (tertiary/aromatic N) is 1. The van der Waals surface area contributed by atoms with Crippen molar-refractivity contribution in [1.29, 1.82) is 0 Å². The fourth-order valence-electron chi connectivity index (χ4n) is 1.82. The SMILES string of the molecule is COc1cccc(C(N)c2sc(C)nc2C)c1. The summed E-state index contributed by atoms with van der Waals surface area (Å²) in [4.78, 5) is 5.53. The summed E-state index contributed by atoms with van der Waals surface area (Å²) in [6, 6.07) is 7.73. The normalized spacial score (nSPS) is 12.5. The highest BCUT2D eigenvalue weighted by atomic mass is 32.1. The molecule has 1 atom stereocenters. The van der Waals surface area contributed by atoms with Gasteiger partial charge in [0.2, 0.25) is 0 Å². The van der Waals surface area contributed by atoms with Crippen LogP contribution in [0.5, 0.6) is 5.75 Å². The zero-order chi connectivity index (χ0) is 12.4. The molecule has 0 radical (unpaired) electrons. The van der Waals surface area contributed by atoms with Gasteiger partial charge < -0.3 is 10.5 Å². The van der Waals surface area contributed by atoms with Gasteiger partial charge in [0.1, 0.15) is 5.75 Å². The van der Waals surface area contributed by atoms with Gasteiger partial charge in [-0.1, -0.05) is 12.1 Å². The first-order chi connectivity index (χ1) is 8.11. The minimum absolute atomic E-state index is 0.128. The number of aryl methyl sites for hydroxylation is 2. The van der Waals surface area contributed by atoms with Crippen LogP contribution in [0.1, 0.15) is 27.2 Å². The number of thiazole rings is 1. The van der Waals surface area contributed by atoms with Crippen molar-refractivity contribution in [3.63, 3.8) is 0 Å². The lowest BCUT2D eigenvalue weighted by atomic mass is 10.1. The van der Waals surface area contributed by atoms with Crippen molar-refractivity contribution >= 4 is 11.3 Å². The third-order valence-electron chi connectivity index (χ3n) is 2.67. The van der Waals surface area contributed by atoms with Crippen molar-refractivity contribution in [1.82, 2.24) is 4.98 Å². The first kappa shape index (κ1) is 12.1. The Kier molecular flexibility index (Phi) is 3.45. The van der Waals surface area contributed by atoms with E-state index in [1.807, 2.05) is 38.1 Å². The first-order valence-electron chi connectivity index (χ1n) is 5.45. The summed E-state index contributed by atoms with van der Waals surface area (Å²) in [6.07, 6.45) is 0. The van der Waals surface area contributed by atoms with Gasteiger partial charge >= 0.3 is 0 Å². The van der Waals surface area contributed by atoms with Crippen molar-refractivity contribution in [2.24, 2.45) is 5.73 Å². The van der Waals surface area contributed by atoms with E-state index in [4.69, 9.17) is 10.5 Å². The van der Waals surface area contributed by atoms with Crippen molar-refractivity contribution in [3.8, 4) is 5.75 Å². The Bertz CT molecular complexity index is 522. The summed E-state index contributed by atoms with van der Waals surface area (Å²) in [5, 5.41) is 1.05. The Hall–Kier alpha value is -1.39. The van der Waals surface area contributed by atoms with E-state index in [1.165, 1.54) is 0 Å². The summed E-state index contributed by atoms with van der Waals surface area (Å²) in [7, 11) is 1.66. The van der Waals surface area contributed by atoms with Crippen molar-refractivity contribution in [3.05, 3.63) is 45.4 Å². The highest BCUT2D eigenvalue weighted by Crippen LogP contribution is 2.29. The Morgan fingerprint density at radius 1 is 1.35 bits per heavy atom. The lowest BCUT2D eigenvalue weighted by Gasteiger charge is -2.12. The second-order valence-corrected chi connectivity index (χ2v) is 5.17. The number of rotatable bonds is 3. The van der Waals surface area contributed by atoms with Crippen molar-refractivity contribution in [2.45, 2.75) is 19.9 Å². The van der Waals surface area contributed by atoms with E-state index in [2.05, 4.69) is 4.98 Å². The molecule has 4 heteroatoms. The largest absolute Gasteiger partial charge is 0.497 e. The van der Waals surface area contributed by atoms with Gasteiger partial charge in [-0.2, -0.15) is 0 Å². The smallest absolute Gasteiger partial charge is 0.119 e. The molecule has 1 heterocycles. The zero-order valence-corrected chi connectivity index (χ0v) is 11.0. The standard InChI is InChI=1S/C13H16N2OS/c1-8-13(17-9(2)15-8)12(14)10-5-4-6-11(7-10)16-3/h4-7,12H,14H2,1-3H3. The van der Waals surface area contributed by atoms with Crippen LogP contribution in [0.3, 0.4) is 0 Å². The highest BCUT2D eigenvalue weighted by Gasteiger charge is 2.15. The molecule has 2 rings (SSSR count). The topological polar surface area (TPSA) is 48.1 Å². The molecule has 0 bridgehead atoms. The molecule has 0 saturated carbocycles. The number of nitrogens with two attached hydrogens (primary N) is 1. The van der Waals surface area contributed by atoms with E-state index < -0.39 is 0 Å². The van der Waals surface area contributed by atoms with E-state index in [1.54, 1.807) is 18.4 Å². The van der Waals surface area contributed by atoms with Crippen LogP contribution in [0.15, 0.2) is 24.3 Å². The number of ether oxygens (including phenoxy) is 1. The quantitative estimate of drug-likeness (QED) is 0.908. The highest BCUT2D eigenvalue weighted by molar-refractivity contribution is 7.11. The Morgan fingerprint density at radius 2 is 2.12 bits per heavy atom. The molecule has 2 N–H and O–H groups in total. The maximum absolute atomic E-state index is 6.27. The maximum Gasteiger partial charge on any atom is 0.119 e. The van der Waals surface area contributed by atoms with Gasteiger partial charge in [-0.25, -0.2) is 4.98 Å². The van der Waals surface area contributed by atoms with E-state index in [0.29, 0.717) is 0 Å².